The average molecular weight is 297 g/mol. The molecular formula is C12H15N3O4S. The van der Waals surface area contributed by atoms with Crippen LogP contribution in [0, 0.1) is 41.2 Å². The van der Waals surface area contributed by atoms with E-state index >= 15 is 0 Å². The minimum atomic E-state index is -3.87. The van der Waals surface area contributed by atoms with Crippen LogP contribution in [-0.4, -0.2) is 19.9 Å². The monoisotopic (exact) mass is 297 g/mol. The molecule has 0 bridgehead atoms. The van der Waals surface area contributed by atoms with Gasteiger partial charge in [-0.3, -0.25) is 10.1 Å². The number of hydrogen-bond donors (Lipinski definition) is 1. The second-order valence-corrected chi connectivity index (χ2v) is 6.29. The molecule has 0 spiro atoms. The fourth-order valence-electron chi connectivity index (χ4n) is 1.52. The summed E-state index contributed by atoms with van der Waals surface area (Å²) < 4.78 is 26.4. The zero-order chi connectivity index (χ0) is 15.5. The van der Waals surface area contributed by atoms with E-state index in [2.05, 4.69) is 4.72 Å². The summed E-state index contributed by atoms with van der Waals surface area (Å²) in [6.07, 6.45) is 0. The predicted molar refractivity (Wildman–Crippen MR) is 72.5 cm³/mol. The Bertz CT molecular complexity index is 677. The summed E-state index contributed by atoms with van der Waals surface area (Å²) in [7, 11) is -3.87. The first-order chi connectivity index (χ1) is 9.19. The molecule has 1 aromatic rings. The first-order valence-electron chi connectivity index (χ1n) is 5.84. The molecule has 108 valence electrons. The highest BCUT2D eigenvalue weighted by Crippen LogP contribution is 2.25. The number of nitrogens with zero attached hydrogens (tertiary/aromatic N) is 2. The van der Waals surface area contributed by atoms with Crippen molar-refractivity contribution in [1.82, 2.24) is 4.72 Å². The number of hydrogen-bond acceptors (Lipinski definition) is 5. The van der Waals surface area contributed by atoms with E-state index in [1.165, 1.54) is 6.07 Å². The van der Waals surface area contributed by atoms with Gasteiger partial charge >= 0.3 is 0 Å². The van der Waals surface area contributed by atoms with Gasteiger partial charge in [-0.25, -0.2) is 13.1 Å². The number of nitriles is 1. The quantitative estimate of drug-likeness (QED) is 0.655. The van der Waals surface area contributed by atoms with Crippen molar-refractivity contribution >= 4 is 15.7 Å². The zero-order valence-electron chi connectivity index (χ0n) is 11.4. The van der Waals surface area contributed by atoms with E-state index in [-0.39, 0.29) is 17.1 Å². The molecule has 7 nitrogen and oxygen atoms in total. The van der Waals surface area contributed by atoms with Crippen molar-refractivity contribution in [2.24, 2.45) is 5.92 Å². The Morgan fingerprint density at radius 1 is 1.45 bits per heavy atom. The second kappa shape index (κ2) is 5.98. The highest BCUT2D eigenvalue weighted by Gasteiger charge is 2.21. The van der Waals surface area contributed by atoms with Gasteiger partial charge in [-0.2, -0.15) is 5.26 Å². The fourth-order valence-corrected chi connectivity index (χ4v) is 2.75. The molecule has 1 aromatic carbocycles. The largest absolute Gasteiger partial charge is 0.273 e. The van der Waals surface area contributed by atoms with E-state index in [0.717, 1.165) is 6.07 Å². The van der Waals surface area contributed by atoms with E-state index in [4.69, 9.17) is 5.26 Å². The highest BCUT2D eigenvalue weighted by molar-refractivity contribution is 7.89. The molecule has 0 aliphatic heterocycles. The number of aryl methyl sites for hydroxylation is 1. The van der Waals surface area contributed by atoms with E-state index in [1.807, 2.05) is 6.07 Å². The molecular weight excluding hydrogens is 282 g/mol. The summed E-state index contributed by atoms with van der Waals surface area (Å²) in [6.45, 7) is 4.71. The van der Waals surface area contributed by atoms with Crippen LogP contribution in [0.15, 0.2) is 17.0 Å². The summed E-state index contributed by atoms with van der Waals surface area (Å²) in [4.78, 5) is 10.1. The number of nitrogens with one attached hydrogen (secondary N) is 1. The Kier molecular flexibility index (Phi) is 4.81. The third-order valence-electron chi connectivity index (χ3n) is 2.92. The number of rotatable bonds is 5. The van der Waals surface area contributed by atoms with Crippen molar-refractivity contribution in [2.75, 3.05) is 6.54 Å². The fraction of sp³-hybridized carbons (Fsp3) is 0.417. The molecule has 1 rings (SSSR count). The molecule has 20 heavy (non-hydrogen) atoms. The van der Waals surface area contributed by atoms with Gasteiger partial charge in [0.2, 0.25) is 10.0 Å². The molecule has 1 unspecified atom stereocenters. The third-order valence-corrected chi connectivity index (χ3v) is 4.32. The van der Waals surface area contributed by atoms with Crippen LogP contribution in [0.3, 0.4) is 0 Å². The van der Waals surface area contributed by atoms with E-state index < -0.39 is 20.9 Å². The Hall–Kier alpha value is -1.98. The first-order valence-corrected chi connectivity index (χ1v) is 7.32. The molecule has 0 saturated heterocycles. The molecule has 1 N–H and O–H groups in total. The number of benzene rings is 1. The van der Waals surface area contributed by atoms with Gasteiger partial charge in [0.15, 0.2) is 0 Å². The van der Waals surface area contributed by atoms with Crippen LogP contribution in [0.5, 0.6) is 0 Å². The van der Waals surface area contributed by atoms with Crippen molar-refractivity contribution in [3.05, 3.63) is 33.4 Å². The summed E-state index contributed by atoms with van der Waals surface area (Å²) in [5.41, 5.74) is 0.714. The Labute approximate surface area is 117 Å². The molecule has 0 aromatic heterocycles. The summed E-state index contributed by atoms with van der Waals surface area (Å²) in [5.74, 6) is -0.480. The van der Waals surface area contributed by atoms with Crippen molar-refractivity contribution < 1.29 is 13.3 Å². The van der Waals surface area contributed by atoms with Crippen LogP contribution in [0.25, 0.3) is 0 Å². The number of nitro groups is 1. The lowest BCUT2D eigenvalue weighted by Gasteiger charge is -2.10. The van der Waals surface area contributed by atoms with E-state index in [1.54, 1.807) is 20.8 Å². The maximum atomic E-state index is 12.0. The molecule has 0 aliphatic carbocycles. The Morgan fingerprint density at radius 3 is 2.55 bits per heavy atom. The van der Waals surface area contributed by atoms with Crippen LogP contribution < -0.4 is 4.72 Å². The van der Waals surface area contributed by atoms with E-state index in [9.17, 15) is 18.5 Å². The van der Waals surface area contributed by atoms with Gasteiger partial charge in [-0.05, 0) is 32.4 Å². The van der Waals surface area contributed by atoms with Gasteiger partial charge in [0.05, 0.1) is 21.8 Å². The second-order valence-electron chi connectivity index (χ2n) is 4.52. The summed E-state index contributed by atoms with van der Waals surface area (Å²) >= 11 is 0. The normalized spacial score (nSPS) is 12.7. The minimum Gasteiger partial charge on any atom is -0.258 e. The average Bonchev–Trinajstić information content (AvgIpc) is 2.38. The molecule has 0 fully saturated rings. The maximum Gasteiger partial charge on any atom is 0.273 e. The molecule has 0 aliphatic rings. The number of sulfonamides is 1. The minimum absolute atomic E-state index is 0.0421. The van der Waals surface area contributed by atoms with Gasteiger partial charge in [0.25, 0.3) is 5.69 Å². The van der Waals surface area contributed by atoms with Crippen LogP contribution >= 0.6 is 0 Å². The van der Waals surface area contributed by atoms with Gasteiger partial charge < -0.3 is 0 Å². The maximum absolute atomic E-state index is 12.0. The standard InChI is InChI=1S/C12H15N3O4S/c1-8(6-13)7-14-20(18,19)11-4-9(2)10(3)12(5-11)15(16)17/h4-5,8,14H,7H2,1-3H3. The predicted octanol–water partition coefficient (Wildman–Crippen LogP) is 1.65. The molecule has 8 heteroatoms. The molecule has 0 heterocycles. The summed E-state index contributed by atoms with van der Waals surface area (Å²) in [6, 6.07) is 4.31. The van der Waals surface area contributed by atoms with Gasteiger partial charge in [0.1, 0.15) is 0 Å². The van der Waals surface area contributed by atoms with Crippen molar-refractivity contribution in [3.8, 4) is 6.07 Å². The van der Waals surface area contributed by atoms with E-state index in [0.29, 0.717) is 11.1 Å². The van der Waals surface area contributed by atoms with Crippen molar-refractivity contribution in [1.29, 1.82) is 5.26 Å². The van der Waals surface area contributed by atoms with Crippen LogP contribution in [0.4, 0.5) is 5.69 Å². The first kappa shape index (κ1) is 16.1. The van der Waals surface area contributed by atoms with Crippen molar-refractivity contribution in [3.63, 3.8) is 0 Å². The lowest BCUT2D eigenvalue weighted by molar-refractivity contribution is -0.385. The SMILES string of the molecule is Cc1cc(S(=O)(=O)NCC(C)C#N)cc([N+](=O)[O-])c1C. The number of nitro benzene ring substituents is 1. The highest BCUT2D eigenvalue weighted by atomic mass is 32.2. The van der Waals surface area contributed by atoms with Gasteiger partial charge in [-0.1, -0.05) is 0 Å². The van der Waals surface area contributed by atoms with Crippen LogP contribution in [-0.2, 0) is 10.0 Å². The van der Waals surface area contributed by atoms with Crippen LogP contribution in [0.1, 0.15) is 18.1 Å². The molecule has 0 amide bonds. The Balaban J connectivity index is 3.20. The summed E-state index contributed by atoms with van der Waals surface area (Å²) in [5, 5.41) is 19.5. The molecule has 0 saturated carbocycles. The van der Waals surface area contributed by atoms with Crippen molar-refractivity contribution in [2.45, 2.75) is 25.7 Å². The lowest BCUT2D eigenvalue weighted by atomic mass is 10.1. The molecule has 0 radical (unpaired) electrons. The Morgan fingerprint density at radius 2 is 2.05 bits per heavy atom. The van der Waals surface area contributed by atoms with Gasteiger partial charge in [0, 0.05) is 18.2 Å². The smallest absolute Gasteiger partial charge is 0.258 e. The lowest BCUT2D eigenvalue weighted by Crippen LogP contribution is -2.28. The van der Waals surface area contributed by atoms with Crippen LogP contribution in [0.2, 0.25) is 0 Å². The van der Waals surface area contributed by atoms with Gasteiger partial charge in [-0.15, -0.1) is 0 Å². The zero-order valence-corrected chi connectivity index (χ0v) is 12.2. The topological polar surface area (TPSA) is 113 Å². The third kappa shape index (κ3) is 3.53. The molecule has 1 atom stereocenters.